The molecule has 6 heteroatoms. The van der Waals surface area contributed by atoms with Crippen molar-refractivity contribution in [3.8, 4) is 23.3 Å². The zero-order valence-electron chi connectivity index (χ0n) is 17.8. The van der Waals surface area contributed by atoms with Gasteiger partial charge in [0.1, 0.15) is 17.0 Å². The quantitative estimate of drug-likeness (QED) is 0.552. The van der Waals surface area contributed by atoms with Crippen molar-refractivity contribution in [1.82, 2.24) is 4.98 Å². The first-order chi connectivity index (χ1) is 14.2. The van der Waals surface area contributed by atoms with E-state index in [9.17, 15) is 9.90 Å². The topological polar surface area (TPSA) is 71.9 Å². The maximum Gasteiger partial charge on any atom is 0.328 e. The summed E-state index contributed by atoms with van der Waals surface area (Å²) in [6, 6.07) is 18.7. The Kier molecular flexibility index (Phi) is 5.96. The highest BCUT2D eigenvalue weighted by Gasteiger charge is 2.35. The van der Waals surface area contributed by atoms with E-state index in [1.54, 1.807) is 25.8 Å². The number of hydrogen-bond acceptors (Lipinski definition) is 5. The van der Waals surface area contributed by atoms with E-state index in [0.717, 1.165) is 11.1 Å². The van der Waals surface area contributed by atoms with Gasteiger partial charge in [-0.15, -0.1) is 0 Å². The lowest BCUT2D eigenvalue weighted by Gasteiger charge is -2.36. The van der Waals surface area contributed by atoms with Gasteiger partial charge in [-0.2, -0.15) is 4.98 Å². The van der Waals surface area contributed by atoms with Crippen LogP contribution in [0.15, 0.2) is 60.7 Å². The summed E-state index contributed by atoms with van der Waals surface area (Å²) in [5, 5.41) is 9.74. The zero-order chi connectivity index (χ0) is 21.9. The van der Waals surface area contributed by atoms with Crippen LogP contribution in [-0.2, 0) is 4.79 Å². The summed E-state index contributed by atoms with van der Waals surface area (Å²) in [4.78, 5) is 18.2. The number of hydrogen-bond donors (Lipinski definition) is 1. The number of aliphatic carboxylic acids is 1. The van der Waals surface area contributed by atoms with Crippen LogP contribution < -0.4 is 14.4 Å². The molecule has 0 aliphatic heterocycles. The van der Waals surface area contributed by atoms with Crippen LogP contribution in [0.1, 0.15) is 25.0 Å². The Labute approximate surface area is 176 Å². The molecule has 6 nitrogen and oxygen atoms in total. The molecule has 1 aromatic heterocycles. The average Bonchev–Trinajstić information content (AvgIpc) is 2.73. The highest BCUT2D eigenvalue weighted by Crippen LogP contribution is 2.40. The number of carbonyl (C=O) groups is 1. The molecule has 1 heterocycles. The van der Waals surface area contributed by atoms with Gasteiger partial charge in [-0.05, 0) is 52.0 Å². The molecule has 0 aliphatic rings. The maximum absolute atomic E-state index is 11.9. The van der Waals surface area contributed by atoms with Crippen molar-refractivity contribution in [3.63, 3.8) is 0 Å². The van der Waals surface area contributed by atoms with Gasteiger partial charge in [0, 0.05) is 18.2 Å². The first-order valence-corrected chi connectivity index (χ1v) is 9.66. The first kappa shape index (κ1) is 21.2. The Morgan fingerprint density at radius 3 is 1.63 bits per heavy atom. The Morgan fingerprint density at radius 1 is 0.867 bits per heavy atom. The van der Waals surface area contributed by atoms with Crippen LogP contribution in [0.4, 0.5) is 5.69 Å². The molecular formula is C24H26N2O4. The summed E-state index contributed by atoms with van der Waals surface area (Å²) in [5.41, 5.74) is 1.02. The van der Waals surface area contributed by atoms with Gasteiger partial charge >= 0.3 is 5.97 Å². The first-order valence-electron chi connectivity index (χ1n) is 9.66. The van der Waals surface area contributed by atoms with E-state index in [1.807, 2.05) is 74.5 Å². The number of carboxylic acid groups (broad SMARTS) is 1. The number of para-hydroxylation sites is 2. The van der Waals surface area contributed by atoms with Gasteiger partial charge in [0.15, 0.2) is 0 Å². The lowest BCUT2D eigenvalue weighted by molar-refractivity contribution is -0.142. The monoisotopic (exact) mass is 406 g/mol. The molecule has 0 amide bonds. The van der Waals surface area contributed by atoms with Gasteiger partial charge in [-0.25, -0.2) is 4.79 Å². The van der Waals surface area contributed by atoms with Crippen molar-refractivity contribution in [2.45, 2.75) is 33.2 Å². The molecule has 2 aromatic carbocycles. The smallest absolute Gasteiger partial charge is 0.328 e. The number of aromatic nitrogens is 1. The van der Waals surface area contributed by atoms with Crippen LogP contribution in [0.5, 0.6) is 23.3 Å². The highest BCUT2D eigenvalue weighted by molar-refractivity contribution is 5.84. The van der Waals surface area contributed by atoms with Gasteiger partial charge in [0.2, 0.25) is 11.8 Å². The Hall–Kier alpha value is -3.54. The van der Waals surface area contributed by atoms with E-state index in [-0.39, 0.29) is 0 Å². The third kappa shape index (κ3) is 4.22. The molecule has 3 rings (SSSR count). The molecule has 1 N–H and O–H groups in total. The fourth-order valence-electron chi connectivity index (χ4n) is 3.07. The minimum atomic E-state index is -1.15. The fraction of sp³-hybridized carbons (Fsp3) is 0.250. The fourth-order valence-corrected chi connectivity index (χ4v) is 3.07. The van der Waals surface area contributed by atoms with Crippen molar-refractivity contribution in [1.29, 1.82) is 0 Å². The second kappa shape index (κ2) is 8.45. The largest absolute Gasteiger partial charge is 0.480 e. The third-order valence-electron chi connectivity index (χ3n) is 5.17. The Bertz CT molecular complexity index is 968. The predicted octanol–water partition coefficient (Wildman–Crippen LogP) is 5.58. The van der Waals surface area contributed by atoms with Crippen LogP contribution >= 0.6 is 0 Å². The minimum absolute atomic E-state index is 0.362. The highest BCUT2D eigenvalue weighted by atomic mass is 16.5. The molecule has 0 unspecified atom stereocenters. The normalized spacial score (nSPS) is 11.1. The van der Waals surface area contributed by atoms with Crippen LogP contribution in [0.25, 0.3) is 0 Å². The molecule has 0 saturated heterocycles. The number of likely N-dealkylation sites (N-methyl/N-ethyl adjacent to an activating group) is 1. The number of ether oxygens (including phenoxy) is 2. The summed E-state index contributed by atoms with van der Waals surface area (Å²) in [5.74, 6) is 1.06. The molecule has 3 aromatic rings. The molecule has 0 spiro atoms. The third-order valence-corrected chi connectivity index (χ3v) is 5.17. The van der Waals surface area contributed by atoms with E-state index in [4.69, 9.17) is 9.47 Å². The minimum Gasteiger partial charge on any atom is -0.480 e. The van der Waals surface area contributed by atoms with Gasteiger partial charge in [-0.3, -0.25) is 0 Å². The molecule has 0 radical (unpaired) electrons. The number of anilines is 1. The van der Waals surface area contributed by atoms with E-state index in [1.165, 1.54) is 0 Å². The molecule has 0 fully saturated rings. The summed E-state index contributed by atoms with van der Waals surface area (Å²) >= 11 is 0. The van der Waals surface area contributed by atoms with Crippen molar-refractivity contribution in [2.75, 3.05) is 11.9 Å². The Morgan fingerprint density at radius 2 is 1.27 bits per heavy atom. The summed E-state index contributed by atoms with van der Waals surface area (Å²) in [6.45, 7) is 7.05. The summed E-state index contributed by atoms with van der Waals surface area (Å²) in [6.07, 6.45) is 0. The van der Waals surface area contributed by atoms with Gasteiger partial charge in [-0.1, -0.05) is 36.4 Å². The van der Waals surface area contributed by atoms with Crippen molar-refractivity contribution < 1.29 is 19.4 Å². The second-order valence-electron chi connectivity index (χ2n) is 7.57. The number of benzene rings is 2. The van der Waals surface area contributed by atoms with Gasteiger partial charge in [0.05, 0.1) is 5.69 Å². The van der Waals surface area contributed by atoms with Gasteiger partial charge < -0.3 is 19.5 Å². The van der Waals surface area contributed by atoms with Crippen LogP contribution in [-0.4, -0.2) is 28.6 Å². The molecule has 30 heavy (non-hydrogen) atoms. The van der Waals surface area contributed by atoms with Gasteiger partial charge in [0.25, 0.3) is 0 Å². The van der Waals surface area contributed by atoms with Crippen molar-refractivity contribution >= 4 is 11.7 Å². The number of rotatable bonds is 7. The van der Waals surface area contributed by atoms with E-state index in [2.05, 4.69) is 4.98 Å². The second-order valence-corrected chi connectivity index (χ2v) is 7.57. The van der Waals surface area contributed by atoms with E-state index >= 15 is 0 Å². The predicted molar refractivity (Wildman–Crippen MR) is 117 cm³/mol. The molecule has 156 valence electrons. The Balaban J connectivity index is 2.15. The lowest BCUT2D eigenvalue weighted by Crippen LogP contribution is -2.48. The standard InChI is InChI=1S/C24H26N2O4/c1-16-20(26(5)24(3,4)23(27)28)17(2)22(30-19-14-10-7-11-15-19)25-21(16)29-18-12-8-6-9-13-18/h6-15H,1-5H3,(H,27,28). The molecule has 0 atom stereocenters. The van der Waals surface area contributed by atoms with Crippen LogP contribution in [0.3, 0.4) is 0 Å². The molecule has 0 saturated carbocycles. The van der Waals surface area contributed by atoms with Crippen LogP contribution in [0, 0.1) is 13.8 Å². The number of pyridine rings is 1. The summed E-state index contributed by atoms with van der Waals surface area (Å²) < 4.78 is 12.1. The molecular weight excluding hydrogens is 380 g/mol. The van der Waals surface area contributed by atoms with E-state index < -0.39 is 11.5 Å². The molecule has 0 bridgehead atoms. The lowest BCUT2D eigenvalue weighted by atomic mass is 10.00. The maximum atomic E-state index is 11.9. The van der Waals surface area contributed by atoms with Crippen LogP contribution in [0.2, 0.25) is 0 Å². The number of nitrogens with zero attached hydrogens (tertiary/aromatic N) is 2. The SMILES string of the molecule is Cc1c(Oc2ccccc2)nc(Oc2ccccc2)c(C)c1N(C)C(C)(C)C(=O)O. The van der Waals surface area contributed by atoms with Crippen molar-refractivity contribution in [2.24, 2.45) is 0 Å². The van der Waals surface area contributed by atoms with E-state index in [0.29, 0.717) is 28.9 Å². The molecule has 0 aliphatic carbocycles. The zero-order valence-corrected chi connectivity index (χ0v) is 17.8. The van der Waals surface area contributed by atoms with Crippen molar-refractivity contribution in [3.05, 3.63) is 71.8 Å². The number of carboxylic acids is 1. The summed E-state index contributed by atoms with van der Waals surface area (Å²) in [7, 11) is 1.75. The average molecular weight is 406 g/mol.